The summed E-state index contributed by atoms with van der Waals surface area (Å²) in [7, 11) is -2.07. The maximum atomic E-state index is 14.9. The van der Waals surface area contributed by atoms with E-state index in [1.807, 2.05) is 0 Å². The molecule has 31 heavy (non-hydrogen) atoms. The Kier molecular flexibility index (Phi) is 7.27. The van der Waals surface area contributed by atoms with E-state index in [-0.39, 0.29) is 17.1 Å². The summed E-state index contributed by atoms with van der Waals surface area (Å²) in [4.78, 5) is 12.2. The Hall–Kier alpha value is -2.32. The summed E-state index contributed by atoms with van der Waals surface area (Å²) in [6, 6.07) is 5.92. The summed E-state index contributed by atoms with van der Waals surface area (Å²) in [5, 5.41) is 11.6. The Bertz CT molecular complexity index is 1010. The molecule has 0 unspecified atom stereocenters. The van der Waals surface area contributed by atoms with Gasteiger partial charge in [0.1, 0.15) is 25.4 Å². The van der Waals surface area contributed by atoms with Crippen molar-refractivity contribution < 1.29 is 19.0 Å². The molecule has 2 rings (SSSR count). The van der Waals surface area contributed by atoms with Gasteiger partial charge in [-0.3, -0.25) is 4.79 Å². The highest BCUT2D eigenvalue weighted by atomic mass is 28.3. The lowest BCUT2D eigenvalue weighted by Crippen LogP contribution is -2.43. The Labute approximate surface area is 187 Å². The number of ether oxygens (including phenoxy) is 1. The highest BCUT2D eigenvalue weighted by Gasteiger charge is 2.41. The summed E-state index contributed by atoms with van der Waals surface area (Å²) in [6.45, 7) is 18.5. The Morgan fingerprint density at radius 1 is 1.03 bits per heavy atom. The van der Waals surface area contributed by atoms with Gasteiger partial charge in [-0.2, -0.15) is 0 Å². The lowest BCUT2D eigenvalue weighted by Gasteiger charge is -2.38. The van der Waals surface area contributed by atoms with Crippen LogP contribution in [-0.4, -0.2) is 19.1 Å². The first-order valence-electron chi connectivity index (χ1n) is 10.9. The van der Waals surface area contributed by atoms with Gasteiger partial charge in [0.2, 0.25) is 0 Å². The number of esters is 1. The molecule has 168 valence electrons. The number of benzene rings is 2. The summed E-state index contributed by atoms with van der Waals surface area (Å²) < 4.78 is 20.3. The monoisotopic (exact) mass is 442 g/mol. The molecular formula is C26H35FO3Si. The Morgan fingerprint density at radius 2 is 1.58 bits per heavy atom. The van der Waals surface area contributed by atoms with Gasteiger partial charge in [-0.25, -0.2) is 4.39 Å². The van der Waals surface area contributed by atoms with Crippen LogP contribution < -0.4 is 4.74 Å². The van der Waals surface area contributed by atoms with Gasteiger partial charge in [-0.1, -0.05) is 53.5 Å². The third kappa shape index (κ3) is 4.96. The number of carbonyl (C=O) groups excluding carboxylic acids is 1. The fourth-order valence-electron chi connectivity index (χ4n) is 4.44. The van der Waals surface area contributed by atoms with Crippen molar-refractivity contribution in [3.63, 3.8) is 0 Å². The van der Waals surface area contributed by atoms with Crippen LogP contribution in [0.15, 0.2) is 24.3 Å². The van der Waals surface area contributed by atoms with Gasteiger partial charge in [0.25, 0.3) is 0 Å². The van der Waals surface area contributed by atoms with Crippen LogP contribution in [0.1, 0.15) is 67.9 Å². The molecule has 2 aromatic carbocycles. The number of halogens is 1. The molecule has 1 N–H and O–H groups in total. The minimum absolute atomic E-state index is 0.149. The van der Waals surface area contributed by atoms with Crippen molar-refractivity contribution in [2.24, 2.45) is 5.41 Å². The zero-order valence-corrected chi connectivity index (χ0v) is 21.2. The number of hydrogen-bond donors (Lipinski definition) is 1. The smallest absolute Gasteiger partial charge is 0.316 e. The van der Waals surface area contributed by atoms with Gasteiger partial charge < -0.3 is 9.84 Å². The van der Waals surface area contributed by atoms with Crippen LogP contribution >= 0.6 is 0 Å². The van der Waals surface area contributed by atoms with Gasteiger partial charge in [-0.15, -0.1) is 5.54 Å². The number of fused-ring (bicyclic) bond motifs is 1. The average Bonchev–Trinajstić information content (AvgIpc) is 2.62. The summed E-state index contributed by atoms with van der Waals surface area (Å²) in [5.74, 6) is 2.34. The van der Waals surface area contributed by atoms with E-state index in [2.05, 4.69) is 53.0 Å². The van der Waals surface area contributed by atoms with Crippen LogP contribution in [-0.2, 0) is 4.79 Å². The van der Waals surface area contributed by atoms with Crippen LogP contribution in [0.2, 0.25) is 16.6 Å². The maximum Gasteiger partial charge on any atom is 0.316 e. The average molecular weight is 443 g/mol. The predicted molar refractivity (Wildman–Crippen MR) is 129 cm³/mol. The van der Waals surface area contributed by atoms with E-state index in [0.717, 1.165) is 0 Å². The lowest BCUT2D eigenvalue weighted by atomic mass is 9.97. The van der Waals surface area contributed by atoms with E-state index in [1.165, 1.54) is 12.1 Å². The van der Waals surface area contributed by atoms with E-state index in [9.17, 15) is 14.3 Å². The molecule has 5 heteroatoms. The van der Waals surface area contributed by atoms with Crippen molar-refractivity contribution in [3.8, 4) is 23.0 Å². The molecule has 0 atom stereocenters. The Balaban J connectivity index is 2.67. The molecular weight excluding hydrogens is 407 g/mol. The van der Waals surface area contributed by atoms with Gasteiger partial charge >= 0.3 is 5.97 Å². The number of phenolic OH excluding ortho intramolecular Hbond substituents is 1. The second-order valence-corrected chi connectivity index (χ2v) is 15.8. The second-order valence-electron chi connectivity index (χ2n) is 10.2. The van der Waals surface area contributed by atoms with Crippen molar-refractivity contribution in [1.82, 2.24) is 0 Å². The van der Waals surface area contributed by atoms with Crippen molar-refractivity contribution in [1.29, 1.82) is 0 Å². The van der Waals surface area contributed by atoms with Crippen molar-refractivity contribution in [2.45, 2.75) is 78.9 Å². The third-order valence-corrected chi connectivity index (χ3v) is 12.4. The molecule has 0 bridgehead atoms. The third-order valence-electron chi connectivity index (χ3n) is 6.11. The molecule has 3 nitrogen and oxygen atoms in total. The summed E-state index contributed by atoms with van der Waals surface area (Å²) in [6.07, 6.45) is 0. The summed E-state index contributed by atoms with van der Waals surface area (Å²) in [5.41, 5.74) is 4.28. The van der Waals surface area contributed by atoms with E-state index in [0.29, 0.717) is 27.4 Å². The molecule has 0 saturated heterocycles. The molecule has 0 aliphatic carbocycles. The van der Waals surface area contributed by atoms with E-state index in [4.69, 9.17) is 4.74 Å². The van der Waals surface area contributed by atoms with Gasteiger partial charge in [0.15, 0.2) is 0 Å². The highest BCUT2D eigenvalue weighted by Crippen LogP contribution is 2.41. The van der Waals surface area contributed by atoms with Crippen LogP contribution in [0, 0.1) is 22.7 Å². The van der Waals surface area contributed by atoms with Gasteiger partial charge in [0.05, 0.1) is 11.0 Å². The van der Waals surface area contributed by atoms with E-state index >= 15 is 0 Å². The molecule has 0 aliphatic rings. The SMILES string of the molecule is CC(C)[Si](C#Cc1c(F)ccc2cc(OC(=O)C(C)(C)C)cc(O)c12)(C(C)C)C(C)C. The molecule has 0 aromatic heterocycles. The molecule has 0 spiro atoms. The minimum Gasteiger partial charge on any atom is -0.507 e. The standard InChI is InChI=1S/C26H35FO3Si/c1-16(2)31(17(3)4,18(5)6)13-12-21-22(27)11-10-19-14-20(15-23(28)24(19)21)30-25(29)26(7,8)9/h10-11,14-18,28H,1-9H3. The largest absolute Gasteiger partial charge is 0.507 e. The molecule has 0 radical (unpaired) electrons. The van der Waals surface area contributed by atoms with Crippen LogP contribution in [0.25, 0.3) is 10.8 Å². The molecule has 0 fully saturated rings. The first kappa shape index (κ1) is 24.9. The van der Waals surface area contributed by atoms with Crippen molar-refractivity contribution in [2.75, 3.05) is 0 Å². The van der Waals surface area contributed by atoms with E-state index < -0.39 is 25.3 Å². The van der Waals surface area contributed by atoms with Crippen LogP contribution in [0.5, 0.6) is 11.5 Å². The van der Waals surface area contributed by atoms with Crippen LogP contribution in [0.3, 0.4) is 0 Å². The molecule has 0 heterocycles. The number of hydrogen-bond acceptors (Lipinski definition) is 3. The fourth-order valence-corrected chi connectivity index (χ4v) is 9.64. The number of aromatic hydroxyl groups is 1. The molecule has 0 saturated carbocycles. The summed E-state index contributed by atoms with van der Waals surface area (Å²) >= 11 is 0. The van der Waals surface area contributed by atoms with E-state index in [1.54, 1.807) is 32.9 Å². The molecule has 0 aliphatic heterocycles. The molecule has 2 aromatic rings. The van der Waals surface area contributed by atoms with Gasteiger partial charge in [-0.05, 0) is 54.9 Å². The first-order chi connectivity index (χ1) is 14.2. The van der Waals surface area contributed by atoms with Crippen LogP contribution in [0.4, 0.5) is 4.39 Å². The van der Waals surface area contributed by atoms with Crippen molar-refractivity contribution in [3.05, 3.63) is 35.6 Å². The minimum atomic E-state index is -2.07. The zero-order valence-electron chi connectivity index (χ0n) is 20.2. The maximum absolute atomic E-state index is 14.9. The number of carbonyl (C=O) groups is 1. The van der Waals surface area contributed by atoms with Gasteiger partial charge in [0, 0.05) is 11.5 Å². The lowest BCUT2D eigenvalue weighted by molar-refractivity contribution is -0.142. The number of rotatable bonds is 4. The quantitative estimate of drug-likeness (QED) is 0.236. The topological polar surface area (TPSA) is 46.5 Å². The number of phenols is 1. The first-order valence-corrected chi connectivity index (χ1v) is 13.2. The predicted octanol–water partition coefficient (Wildman–Crippen LogP) is 7.21. The zero-order chi connectivity index (χ0) is 23.7. The highest BCUT2D eigenvalue weighted by molar-refractivity contribution is 6.90. The fraction of sp³-hybridized carbons (Fsp3) is 0.500. The van der Waals surface area contributed by atoms with Crippen molar-refractivity contribution >= 4 is 24.8 Å². The Morgan fingerprint density at radius 3 is 2.06 bits per heavy atom. The molecule has 0 amide bonds. The second kappa shape index (κ2) is 9.04. The normalized spacial score (nSPS) is 12.4.